The summed E-state index contributed by atoms with van der Waals surface area (Å²) in [6.07, 6.45) is 1.58. The number of esters is 1. The van der Waals surface area contributed by atoms with Gasteiger partial charge in [0, 0.05) is 6.20 Å². The van der Waals surface area contributed by atoms with E-state index in [0.717, 1.165) is 0 Å². The minimum Gasteiger partial charge on any atom is -0.462 e. The van der Waals surface area contributed by atoms with Gasteiger partial charge in [0.05, 0.1) is 12.2 Å². The first-order valence-corrected chi connectivity index (χ1v) is 5.86. The average molecular weight is 258 g/mol. The topological polar surface area (TPSA) is 74.4 Å². The Morgan fingerprint density at radius 3 is 2.89 bits per heavy atom. The number of hydrogen-bond acceptors (Lipinski definition) is 5. The van der Waals surface area contributed by atoms with Crippen LogP contribution in [0.25, 0.3) is 0 Å². The normalized spacial score (nSPS) is 9.95. The lowest BCUT2D eigenvalue weighted by Crippen LogP contribution is -2.04. The molecule has 2 N–H and O–H groups in total. The molecular weight excluding hydrogens is 244 g/mol. The highest BCUT2D eigenvalue weighted by molar-refractivity contribution is 5.89. The predicted molar refractivity (Wildman–Crippen MR) is 71.1 cm³/mol. The van der Waals surface area contributed by atoms with Crippen molar-refractivity contribution in [2.24, 2.45) is 0 Å². The molecule has 0 radical (unpaired) electrons. The van der Waals surface area contributed by atoms with E-state index in [1.54, 1.807) is 49.5 Å². The van der Waals surface area contributed by atoms with Crippen molar-refractivity contribution in [2.45, 2.75) is 6.92 Å². The third-order valence-corrected chi connectivity index (χ3v) is 2.37. The maximum Gasteiger partial charge on any atom is 0.338 e. The van der Waals surface area contributed by atoms with Crippen LogP contribution in [0.2, 0.25) is 0 Å². The Morgan fingerprint density at radius 2 is 2.16 bits per heavy atom. The Morgan fingerprint density at radius 1 is 1.32 bits per heavy atom. The summed E-state index contributed by atoms with van der Waals surface area (Å²) in [5.41, 5.74) is 6.12. The zero-order valence-electron chi connectivity index (χ0n) is 10.5. The number of ether oxygens (including phenoxy) is 2. The first kappa shape index (κ1) is 12.9. The SMILES string of the molecule is CCOC(=O)c1cccc(Oc2cccnc2N)c1. The number of carbonyl (C=O) groups is 1. The molecule has 0 aliphatic rings. The molecule has 0 atom stereocenters. The molecule has 0 fully saturated rings. The Bertz CT molecular complexity index is 584. The number of nitrogens with two attached hydrogens (primary N) is 1. The number of hydrogen-bond donors (Lipinski definition) is 1. The van der Waals surface area contributed by atoms with Crippen molar-refractivity contribution in [3.8, 4) is 11.5 Å². The van der Waals surface area contributed by atoms with Crippen molar-refractivity contribution in [3.63, 3.8) is 0 Å². The quantitative estimate of drug-likeness (QED) is 0.853. The van der Waals surface area contributed by atoms with Gasteiger partial charge in [0.1, 0.15) is 5.75 Å². The molecule has 5 nitrogen and oxygen atoms in total. The third-order valence-electron chi connectivity index (χ3n) is 2.37. The first-order valence-electron chi connectivity index (χ1n) is 5.86. The van der Waals surface area contributed by atoms with Gasteiger partial charge in [0.2, 0.25) is 0 Å². The molecule has 1 heterocycles. The van der Waals surface area contributed by atoms with Gasteiger partial charge in [-0.15, -0.1) is 0 Å². The van der Waals surface area contributed by atoms with Crippen molar-refractivity contribution < 1.29 is 14.3 Å². The fourth-order valence-corrected chi connectivity index (χ4v) is 1.52. The zero-order valence-corrected chi connectivity index (χ0v) is 10.5. The van der Waals surface area contributed by atoms with Crippen molar-refractivity contribution in [1.29, 1.82) is 0 Å². The van der Waals surface area contributed by atoms with Gasteiger partial charge in [0.25, 0.3) is 0 Å². The second kappa shape index (κ2) is 5.86. The van der Waals surface area contributed by atoms with Gasteiger partial charge in [-0.05, 0) is 37.3 Å². The average Bonchev–Trinajstić information content (AvgIpc) is 2.42. The number of nitrogens with zero attached hydrogens (tertiary/aromatic N) is 1. The minimum absolute atomic E-state index is 0.295. The molecule has 0 saturated carbocycles. The third kappa shape index (κ3) is 3.22. The Hall–Kier alpha value is -2.56. The van der Waals surface area contributed by atoms with Crippen LogP contribution in [0.4, 0.5) is 5.82 Å². The summed E-state index contributed by atoms with van der Waals surface area (Å²) < 4.78 is 10.5. The molecule has 1 aromatic heterocycles. The number of benzene rings is 1. The molecule has 2 rings (SSSR count). The van der Waals surface area contributed by atoms with Crippen molar-refractivity contribution >= 4 is 11.8 Å². The van der Waals surface area contributed by atoms with E-state index in [0.29, 0.717) is 29.5 Å². The van der Waals surface area contributed by atoms with E-state index < -0.39 is 0 Å². The molecule has 0 aliphatic heterocycles. The number of aromatic nitrogens is 1. The van der Waals surface area contributed by atoms with Crippen LogP contribution in [-0.2, 0) is 4.74 Å². The van der Waals surface area contributed by atoms with Gasteiger partial charge in [0.15, 0.2) is 11.6 Å². The second-order valence-electron chi connectivity index (χ2n) is 3.74. The smallest absolute Gasteiger partial charge is 0.338 e. The summed E-state index contributed by atoms with van der Waals surface area (Å²) in [7, 11) is 0. The lowest BCUT2D eigenvalue weighted by atomic mass is 10.2. The molecule has 0 bridgehead atoms. The van der Waals surface area contributed by atoms with E-state index in [2.05, 4.69) is 4.98 Å². The van der Waals surface area contributed by atoms with E-state index in [9.17, 15) is 4.79 Å². The van der Waals surface area contributed by atoms with Crippen LogP contribution in [0.3, 0.4) is 0 Å². The number of nitrogen functional groups attached to an aromatic ring is 1. The Balaban J connectivity index is 2.20. The molecule has 2 aromatic rings. The molecular formula is C14H14N2O3. The van der Waals surface area contributed by atoms with Gasteiger partial charge in [-0.25, -0.2) is 9.78 Å². The largest absolute Gasteiger partial charge is 0.462 e. The van der Waals surface area contributed by atoms with Crippen LogP contribution in [0.1, 0.15) is 17.3 Å². The molecule has 5 heteroatoms. The van der Waals surface area contributed by atoms with Gasteiger partial charge in [-0.1, -0.05) is 6.07 Å². The van der Waals surface area contributed by atoms with E-state index in [1.165, 1.54) is 0 Å². The molecule has 98 valence electrons. The lowest BCUT2D eigenvalue weighted by molar-refractivity contribution is 0.0526. The van der Waals surface area contributed by atoms with Gasteiger partial charge >= 0.3 is 5.97 Å². The zero-order chi connectivity index (χ0) is 13.7. The highest BCUT2D eigenvalue weighted by Crippen LogP contribution is 2.25. The molecule has 0 spiro atoms. The van der Waals surface area contributed by atoms with Gasteiger partial charge < -0.3 is 15.2 Å². The van der Waals surface area contributed by atoms with Gasteiger partial charge in [-0.2, -0.15) is 0 Å². The van der Waals surface area contributed by atoms with E-state index in [1.807, 2.05) is 0 Å². The van der Waals surface area contributed by atoms with Crippen LogP contribution >= 0.6 is 0 Å². The van der Waals surface area contributed by atoms with Crippen LogP contribution in [0.5, 0.6) is 11.5 Å². The molecule has 0 unspecified atom stereocenters. The molecule has 0 amide bonds. The number of anilines is 1. The van der Waals surface area contributed by atoms with Crippen molar-refractivity contribution in [3.05, 3.63) is 48.2 Å². The summed E-state index contributed by atoms with van der Waals surface area (Å²) >= 11 is 0. The maximum atomic E-state index is 11.6. The standard InChI is InChI=1S/C14H14N2O3/c1-2-18-14(17)10-5-3-6-11(9-10)19-12-7-4-8-16-13(12)15/h3-9H,2H2,1H3,(H2,15,16). The number of carbonyl (C=O) groups excluding carboxylic acids is 1. The molecule has 1 aromatic carbocycles. The lowest BCUT2D eigenvalue weighted by Gasteiger charge is -2.08. The number of rotatable bonds is 4. The van der Waals surface area contributed by atoms with Crippen LogP contribution in [0.15, 0.2) is 42.6 Å². The Kier molecular flexibility index (Phi) is 3.97. The summed E-state index contributed by atoms with van der Waals surface area (Å²) in [6.45, 7) is 2.09. The predicted octanol–water partition coefficient (Wildman–Crippen LogP) is 2.63. The summed E-state index contributed by atoms with van der Waals surface area (Å²) in [5, 5.41) is 0. The highest BCUT2D eigenvalue weighted by atomic mass is 16.5. The van der Waals surface area contributed by atoms with E-state index >= 15 is 0 Å². The minimum atomic E-state index is -0.382. The van der Waals surface area contributed by atoms with Crippen molar-refractivity contribution in [2.75, 3.05) is 12.3 Å². The van der Waals surface area contributed by atoms with Gasteiger partial charge in [-0.3, -0.25) is 0 Å². The fourth-order valence-electron chi connectivity index (χ4n) is 1.52. The summed E-state index contributed by atoms with van der Waals surface area (Å²) in [4.78, 5) is 15.5. The number of pyridine rings is 1. The Labute approximate surface area is 111 Å². The van der Waals surface area contributed by atoms with Crippen molar-refractivity contribution in [1.82, 2.24) is 4.98 Å². The molecule has 0 aliphatic carbocycles. The summed E-state index contributed by atoms with van der Waals surface area (Å²) in [5.74, 6) is 0.866. The summed E-state index contributed by atoms with van der Waals surface area (Å²) in [6, 6.07) is 10.1. The molecule has 0 saturated heterocycles. The van der Waals surface area contributed by atoms with Crippen LogP contribution in [-0.4, -0.2) is 17.6 Å². The highest BCUT2D eigenvalue weighted by Gasteiger charge is 2.08. The second-order valence-corrected chi connectivity index (χ2v) is 3.74. The maximum absolute atomic E-state index is 11.6. The van der Waals surface area contributed by atoms with E-state index in [4.69, 9.17) is 15.2 Å². The van der Waals surface area contributed by atoms with E-state index in [-0.39, 0.29) is 5.97 Å². The van der Waals surface area contributed by atoms with Crippen LogP contribution in [0, 0.1) is 0 Å². The molecule has 19 heavy (non-hydrogen) atoms. The monoisotopic (exact) mass is 258 g/mol. The first-order chi connectivity index (χ1) is 9.20. The van der Waals surface area contributed by atoms with Crippen LogP contribution < -0.4 is 10.5 Å². The fraction of sp³-hybridized carbons (Fsp3) is 0.143.